The summed E-state index contributed by atoms with van der Waals surface area (Å²) in [6, 6.07) is 5.33. The molecule has 3 N–H and O–H groups in total. The highest BCUT2D eigenvalue weighted by molar-refractivity contribution is 9.10. The summed E-state index contributed by atoms with van der Waals surface area (Å²) in [4.78, 5) is 12.7. The summed E-state index contributed by atoms with van der Waals surface area (Å²) < 4.78 is 11.2. The van der Waals surface area contributed by atoms with Crippen molar-refractivity contribution in [3.8, 4) is 17.6 Å². The minimum Gasteiger partial charge on any atom is -0.503 e. The highest BCUT2D eigenvalue weighted by atomic mass is 79.9. The molecule has 0 saturated carbocycles. The number of nitrogens with zero attached hydrogens (tertiary/aromatic N) is 1. The lowest BCUT2D eigenvalue weighted by Crippen LogP contribution is -2.29. The van der Waals surface area contributed by atoms with Gasteiger partial charge >= 0.3 is 0 Å². The number of nitrogens with two attached hydrogens (primary N) is 1. The van der Waals surface area contributed by atoms with Crippen LogP contribution < -0.4 is 10.5 Å². The van der Waals surface area contributed by atoms with Crippen LogP contribution in [0.1, 0.15) is 31.2 Å². The van der Waals surface area contributed by atoms with E-state index in [0.29, 0.717) is 34.2 Å². The molecule has 0 spiro atoms. The molecule has 7 heteroatoms. The van der Waals surface area contributed by atoms with Gasteiger partial charge in [-0.2, -0.15) is 5.26 Å². The molecule has 1 aromatic carbocycles. The van der Waals surface area contributed by atoms with Gasteiger partial charge in [0.1, 0.15) is 17.4 Å². The minimum atomic E-state index is -0.639. The summed E-state index contributed by atoms with van der Waals surface area (Å²) in [7, 11) is 1.43. The van der Waals surface area contributed by atoms with Crippen LogP contribution in [0.25, 0.3) is 0 Å². The minimum absolute atomic E-state index is 0.0105. The average molecular weight is 405 g/mol. The number of benzene rings is 1. The van der Waals surface area contributed by atoms with E-state index in [9.17, 15) is 15.2 Å². The second-order valence-electron chi connectivity index (χ2n) is 6.25. The number of hydrogen-bond donors (Lipinski definition) is 2. The molecule has 6 nitrogen and oxygen atoms in total. The molecule has 2 unspecified atom stereocenters. The number of phenols is 1. The molecule has 2 atom stereocenters. The number of methoxy groups -OCH3 is 1. The number of ketones is 1. The van der Waals surface area contributed by atoms with Gasteiger partial charge in [-0.25, -0.2) is 0 Å². The molecule has 2 aliphatic rings. The number of Topliss-reactive ketones (excluding diaryl/α,β-unsaturated/α-hetero) is 1. The van der Waals surface area contributed by atoms with Gasteiger partial charge in [-0.15, -0.1) is 0 Å². The molecule has 3 rings (SSSR count). The number of phenolic OH excluding ortho intramolecular Hbond substituents is 1. The number of aromatic hydroxyl groups is 1. The quantitative estimate of drug-likeness (QED) is 0.783. The van der Waals surface area contributed by atoms with Crippen molar-refractivity contribution >= 4 is 21.7 Å². The van der Waals surface area contributed by atoms with Crippen molar-refractivity contribution < 1.29 is 19.4 Å². The Morgan fingerprint density at radius 1 is 1.44 bits per heavy atom. The van der Waals surface area contributed by atoms with Crippen molar-refractivity contribution in [1.29, 1.82) is 5.26 Å². The summed E-state index contributed by atoms with van der Waals surface area (Å²) >= 11 is 3.28. The number of nitriles is 1. The topological polar surface area (TPSA) is 106 Å². The van der Waals surface area contributed by atoms with Crippen LogP contribution in [0.5, 0.6) is 11.5 Å². The number of halogens is 1. The van der Waals surface area contributed by atoms with Gasteiger partial charge in [0.15, 0.2) is 17.3 Å². The highest BCUT2D eigenvalue weighted by Crippen LogP contribution is 2.47. The van der Waals surface area contributed by atoms with Crippen molar-refractivity contribution in [2.45, 2.75) is 25.7 Å². The molecule has 130 valence electrons. The van der Waals surface area contributed by atoms with E-state index in [0.717, 1.165) is 0 Å². The van der Waals surface area contributed by atoms with E-state index in [4.69, 9.17) is 15.2 Å². The largest absolute Gasteiger partial charge is 0.503 e. The van der Waals surface area contributed by atoms with Crippen LogP contribution in [-0.2, 0) is 9.53 Å². The number of rotatable bonds is 2. The van der Waals surface area contributed by atoms with Gasteiger partial charge in [0.25, 0.3) is 0 Å². The molecule has 25 heavy (non-hydrogen) atoms. The lowest BCUT2D eigenvalue weighted by molar-refractivity contribution is -0.117. The number of carbonyl (C=O) groups is 1. The molecule has 0 radical (unpaired) electrons. The zero-order chi connectivity index (χ0) is 18.3. The summed E-state index contributed by atoms with van der Waals surface area (Å²) in [6.45, 7) is 1.97. The Bertz CT molecular complexity index is 867. The predicted molar refractivity (Wildman–Crippen MR) is 93.4 cm³/mol. The molecule has 0 bridgehead atoms. The third kappa shape index (κ3) is 2.87. The Morgan fingerprint density at radius 3 is 2.80 bits per heavy atom. The zero-order valence-electron chi connectivity index (χ0n) is 13.8. The molecule has 1 aliphatic heterocycles. The fourth-order valence-corrected chi connectivity index (χ4v) is 3.80. The van der Waals surface area contributed by atoms with E-state index < -0.39 is 5.92 Å². The molecule has 1 aliphatic carbocycles. The van der Waals surface area contributed by atoms with Crippen LogP contribution >= 0.6 is 15.9 Å². The van der Waals surface area contributed by atoms with Gasteiger partial charge < -0.3 is 20.3 Å². The molecule has 0 fully saturated rings. The SMILES string of the molecule is COc1cc(C2C(C#N)=C(N)OC3=C2C(=O)CC(C)C3)cc(Br)c1O. The van der Waals surface area contributed by atoms with Crippen molar-refractivity contribution in [1.82, 2.24) is 0 Å². The summed E-state index contributed by atoms with van der Waals surface area (Å²) in [5.41, 5.74) is 7.22. The Labute approximate surface area is 153 Å². The molecular formula is C18H17BrN2O4. The molecule has 0 amide bonds. The maximum absolute atomic E-state index is 12.7. The van der Waals surface area contributed by atoms with Gasteiger partial charge in [-0.1, -0.05) is 6.92 Å². The highest BCUT2D eigenvalue weighted by Gasteiger charge is 2.40. The summed E-state index contributed by atoms with van der Waals surface area (Å²) in [5, 5.41) is 19.6. The summed E-state index contributed by atoms with van der Waals surface area (Å²) in [6.07, 6.45) is 0.987. The first kappa shape index (κ1) is 17.4. The van der Waals surface area contributed by atoms with E-state index >= 15 is 0 Å². The van der Waals surface area contributed by atoms with E-state index in [2.05, 4.69) is 22.0 Å². The molecule has 0 saturated heterocycles. The fraction of sp³-hybridized carbons (Fsp3) is 0.333. The van der Waals surface area contributed by atoms with Gasteiger partial charge in [-0.3, -0.25) is 4.79 Å². The monoisotopic (exact) mass is 404 g/mol. The van der Waals surface area contributed by atoms with Crippen LogP contribution in [0.2, 0.25) is 0 Å². The second kappa shape index (κ2) is 6.45. The Morgan fingerprint density at radius 2 is 2.16 bits per heavy atom. The smallest absolute Gasteiger partial charge is 0.205 e. The zero-order valence-corrected chi connectivity index (χ0v) is 15.4. The van der Waals surface area contributed by atoms with E-state index in [1.807, 2.05) is 6.92 Å². The van der Waals surface area contributed by atoms with Gasteiger partial charge in [0.05, 0.1) is 17.5 Å². The van der Waals surface area contributed by atoms with Crippen molar-refractivity contribution in [2.24, 2.45) is 11.7 Å². The molecule has 1 aromatic rings. The van der Waals surface area contributed by atoms with E-state index in [1.165, 1.54) is 7.11 Å². The van der Waals surface area contributed by atoms with Crippen LogP contribution in [0, 0.1) is 17.2 Å². The van der Waals surface area contributed by atoms with Gasteiger partial charge in [0.2, 0.25) is 5.88 Å². The van der Waals surface area contributed by atoms with Crippen molar-refractivity contribution in [2.75, 3.05) is 7.11 Å². The third-order valence-corrected chi connectivity index (χ3v) is 5.07. The molecule has 0 aromatic heterocycles. The maximum Gasteiger partial charge on any atom is 0.205 e. The summed E-state index contributed by atoms with van der Waals surface area (Å²) in [5.74, 6) is 0.188. The first-order valence-electron chi connectivity index (χ1n) is 7.77. The third-order valence-electron chi connectivity index (χ3n) is 4.47. The van der Waals surface area contributed by atoms with Crippen LogP contribution in [0.3, 0.4) is 0 Å². The standard InChI is InChI=1S/C18H17BrN2O4/c1-8-3-12(22)16-13(4-8)25-18(21)10(7-20)15(16)9-5-11(19)17(23)14(6-9)24-2/h5-6,8,15,23H,3-4,21H2,1-2H3. The number of hydrogen-bond acceptors (Lipinski definition) is 6. The maximum atomic E-state index is 12.7. The van der Waals surface area contributed by atoms with Crippen LogP contribution in [-0.4, -0.2) is 18.0 Å². The lowest BCUT2D eigenvalue weighted by Gasteiger charge is -2.33. The number of ether oxygens (including phenoxy) is 2. The van der Waals surface area contributed by atoms with E-state index in [-0.39, 0.29) is 34.7 Å². The normalized spacial score (nSPS) is 23.0. The Balaban J connectivity index is 2.23. The van der Waals surface area contributed by atoms with Crippen LogP contribution in [0.15, 0.2) is 39.4 Å². The van der Waals surface area contributed by atoms with Crippen molar-refractivity contribution in [3.63, 3.8) is 0 Å². The van der Waals surface area contributed by atoms with Crippen LogP contribution in [0.4, 0.5) is 0 Å². The lowest BCUT2D eigenvalue weighted by atomic mass is 9.75. The predicted octanol–water partition coefficient (Wildman–Crippen LogP) is 3.22. The number of allylic oxidation sites excluding steroid dienone is 3. The number of carbonyl (C=O) groups excluding carboxylic acids is 1. The van der Waals surface area contributed by atoms with Crippen molar-refractivity contribution in [3.05, 3.63) is 45.0 Å². The fourth-order valence-electron chi connectivity index (χ4n) is 3.34. The second-order valence-corrected chi connectivity index (χ2v) is 7.11. The van der Waals surface area contributed by atoms with Gasteiger partial charge in [-0.05, 0) is 39.5 Å². The molecule has 1 heterocycles. The van der Waals surface area contributed by atoms with Gasteiger partial charge in [0, 0.05) is 18.4 Å². The first-order chi connectivity index (χ1) is 11.9. The Kier molecular flexibility index (Phi) is 4.48. The van der Waals surface area contributed by atoms with E-state index in [1.54, 1.807) is 12.1 Å². The Hall–Kier alpha value is -2.46. The first-order valence-corrected chi connectivity index (χ1v) is 8.56. The average Bonchev–Trinajstić information content (AvgIpc) is 2.55. The molecular weight excluding hydrogens is 388 g/mol.